The molecule has 2 rings (SSSR count). The topological polar surface area (TPSA) is 53.1 Å². The molecule has 0 unspecified atom stereocenters. The molecule has 0 aliphatic carbocycles. The second-order valence-electron chi connectivity index (χ2n) is 2.66. The predicted molar refractivity (Wildman–Crippen MR) is 58.0 cm³/mol. The van der Waals surface area contributed by atoms with Crippen LogP contribution in [0.4, 0.5) is 0 Å². The summed E-state index contributed by atoms with van der Waals surface area (Å²) in [7, 11) is 0. The molecule has 1 heterocycles. The Kier molecular flexibility index (Phi) is 1.99. The van der Waals surface area contributed by atoms with Gasteiger partial charge in [-0.05, 0) is 28.7 Å². The third kappa shape index (κ3) is 1.31. The monoisotopic (exact) mass is 287 g/mol. The lowest BCUT2D eigenvalue weighted by Gasteiger charge is -1.87. The average Bonchev–Trinajstić information content (AvgIpc) is 2.45. The number of fused-ring (bicyclic) bond motifs is 1. The van der Waals surface area contributed by atoms with Gasteiger partial charge in [0.1, 0.15) is 5.69 Å². The summed E-state index contributed by atoms with van der Waals surface area (Å²) in [6.45, 7) is 0. The smallest absolute Gasteiger partial charge is 0.353 e. The zero-order valence-electron chi connectivity index (χ0n) is 6.54. The molecule has 0 saturated heterocycles. The number of hydrogen-bond acceptors (Lipinski definition) is 1. The highest BCUT2D eigenvalue weighted by Crippen LogP contribution is 2.23. The third-order valence-corrected chi connectivity index (χ3v) is 2.98. The molecule has 0 bridgehead atoms. The molecule has 2 aromatic rings. The molecular formula is C9H6INO2. The van der Waals surface area contributed by atoms with E-state index < -0.39 is 5.97 Å². The van der Waals surface area contributed by atoms with Gasteiger partial charge < -0.3 is 10.1 Å². The van der Waals surface area contributed by atoms with E-state index in [1.165, 1.54) is 0 Å². The summed E-state index contributed by atoms with van der Waals surface area (Å²) in [5.41, 5.74) is 1.13. The lowest BCUT2D eigenvalue weighted by atomic mass is 10.2. The van der Waals surface area contributed by atoms with E-state index in [2.05, 4.69) is 4.98 Å². The summed E-state index contributed by atoms with van der Waals surface area (Å²) in [4.78, 5) is 13.6. The normalized spacial score (nSPS) is 10.5. The maximum Gasteiger partial charge on any atom is 0.353 e. The van der Waals surface area contributed by atoms with Gasteiger partial charge in [-0.2, -0.15) is 0 Å². The van der Waals surface area contributed by atoms with Gasteiger partial charge in [-0.1, -0.05) is 18.2 Å². The first kappa shape index (κ1) is 8.55. The van der Waals surface area contributed by atoms with E-state index in [4.69, 9.17) is 5.11 Å². The first-order valence-electron chi connectivity index (χ1n) is 3.69. The fourth-order valence-corrected chi connectivity index (χ4v) is 2.09. The number of benzene rings is 1. The van der Waals surface area contributed by atoms with Crippen molar-refractivity contribution in [3.05, 3.63) is 33.5 Å². The van der Waals surface area contributed by atoms with Crippen LogP contribution in [0, 0.1) is 3.57 Å². The fourth-order valence-electron chi connectivity index (χ4n) is 1.26. The van der Waals surface area contributed by atoms with E-state index in [-0.39, 0.29) is 5.69 Å². The van der Waals surface area contributed by atoms with Crippen LogP contribution < -0.4 is 0 Å². The van der Waals surface area contributed by atoms with Gasteiger partial charge in [0.05, 0.1) is 3.57 Å². The second kappa shape index (κ2) is 3.02. The molecule has 0 spiro atoms. The molecular weight excluding hydrogens is 281 g/mol. The standard InChI is InChI=1S/C9H6INO2/c10-7-5-3-1-2-4-6(5)11-8(7)9(12)13/h1-4,11H,(H,12,13). The Hall–Kier alpha value is -1.04. The van der Waals surface area contributed by atoms with Gasteiger partial charge in [-0.3, -0.25) is 0 Å². The quantitative estimate of drug-likeness (QED) is 0.792. The summed E-state index contributed by atoms with van der Waals surface area (Å²) >= 11 is 2.04. The predicted octanol–water partition coefficient (Wildman–Crippen LogP) is 2.47. The Morgan fingerprint density at radius 2 is 2.08 bits per heavy atom. The molecule has 0 amide bonds. The Bertz CT molecular complexity index is 475. The molecule has 1 aromatic carbocycles. The van der Waals surface area contributed by atoms with E-state index in [0.717, 1.165) is 14.5 Å². The first-order valence-corrected chi connectivity index (χ1v) is 4.77. The van der Waals surface area contributed by atoms with E-state index in [0.29, 0.717) is 0 Å². The van der Waals surface area contributed by atoms with Crippen LogP contribution in [0.15, 0.2) is 24.3 Å². The molecule has 4 heteroatoms. The van der Waals surface area contributed by atoms with Gasteiger partial charge in [0, 0.05) is 10.9 Å². The maximum absolute atomic E-state index is 10.8. The molecule has 3 nitrogen and oxygen atoms in total. The maximum atomic E-state index is 10.8. The number of carboxylic acids is 1. The summed E-state index contributed by atoms with van der Waals surface area (Å²) in [5, 5.41) is 9.79. The molecule has 0 aliphatic rings. The summed E-state index contributed by atoms with van der Waals surface area (Å²) < 4.78 is 0.765. The molecule has 66 valence electrons. The lowest BCUT2D eigenvalue weighted by molar-refractivity contribution is 0.0690. The van der Waals surface area contributed by atoms with Crippen molar-refractivity contribution >= 4 is 39.5 Å². The summed E-state index contributed by atoms with van der Waals surface area (Å²) in [6, 6.07) is 7.54. The molecule has 0 fully saturated rings. The van der Waals surface area contributed by atoms with Crippen molar-refractivity contribution < 1.29 is 9.90 Å². The van der Waals surface area contributed by atoms with E-state index >= 15 is 0 Å². The Labute approximate surface area is 87.9 Å². The van der Waals surface area contributed by atoms with Crippen molar-refractivity contribution in [2.75, 3.05) is 0 Å². The largest absolute Gasteiger partial charge is 0.477 e. The molecule has 0 saturated carbocycles. The SMILES string of the molecule is O=C(O)c1[nH]c2ccccc2c1I. The number of aromatic nitrogens is 1. The van der Waals surface area contributed by atoms with Crippen molar-refractivity contribution in [1.29, 1.82) is 0 Å². The van der Waals surface area contributed by atoms with Gasteiger partial charge in [0.25, 0.3) is 0 Å². The summed E-state index contributed by atoms with van der Waals surface area (Å²) in [5.74, 6) is -0.916. The molecule has 2 N–H and O–H groups in total. The van der Waals surface area contributed by atoms with Gasteiger partial charge >= 0.3 is 5.97 Å². The Balaban J connectivity index is 2.81. The molecule has 0 aliphatic heterocycles. The molecule has 13 heavy (non-hydrogen) atoms. The Morgan fingerprint density at radius 3 is 2.69 bits per heavy atom. The number of aromatic carboxylic acids is 1. The van der Waals surface area contributed by atoms with Gasteiger partial charge in [0.2, 0.25) is 0 Å². The fraction of sp³-hybridized carbons (Fsp3) is 0. The van der Waals surface area contributed by atoms with Gasteiger partial charge in [-0.15, -0.1) is 0 Å². The number of aromatic amines is 1. The minimum Gasteiger partial charge on any atom is -0.477 e. The van der Waals surface area contributed by atoms with Crippen molar-refractivity contribution in [2.45, 2.75) is 0 Å². The van der Waals surface area contributed by atoms with Crippen molar-refractivity contribution in [3.8, 4) is 0 Å². The number of nitrogens with one attached hydrogen (secondary N) is 1. The number of H-pyrrole nitrogens is 1. The molecule has 0 atom stereocenters. The number of rotatable bonds is 1. The highest BCUT2D eigenvalue weighted by molar-refractivity contribution is 14.1. The second-order valence-corrected chi connectivity index (χ2v) is 3.74. The van der Waals surface area contributed by atoms with Crippen LogP contribution in [0.2, 0.25) is 0 Å². The van der Waals surface area contributed by atoms with Crippen LogP contribution in [-0.4, -0.2) is 16.1 Å². The van der Waals surface area contributed by atoms with E-state index in [1.807, 2.05) is 46.9 Å². The first-order chi connectivity index (χ1) is 6.20. The van der Waals surface area contributed by atoms with Crippen molar-refractivity contribution in [2.24, 2.45) is 0 Å². The van der Waals surface area contributed by atoms with Crippen LogP contribution >= 0.6 is 22.6 Å². The van der Waals surface area contributed by atoms with Crippen LogP contribution in [0.5, 0.6) is 0 Å². The van der Waals surface area contributed by atoms with Crippen LogP contribution in [0.1, 0.15) is 10.5 Å². The van der Waals surface area contributed by atoms with Crippen LogP contribution in [0.3, 0.4) is 0 Å². The Morgan fingerprint density at radius 1 is 1.38 bits per heavy atom. The van der Waals surface area contributed by atoms with E-state index in [9.17, 15) is 4.79 Å². The van der Waals surface area contributed by atoms with Crippen molar-refractivity contribution in [1.82, 2.24) is 4.98 Å². The highest BCUT2D eigenvalue weighted by atomic mass is 127. The average molecular weight is 287 g/mol. The third-order valence-electron chi connectivity index (χ3n) is 1.86. The van der Waals surface area contributed by atoms with E-state index in [1.54, 1.807) is 0 Å². The number of para-hydroxylation sites is 1. The minimum absolute atomic E-state index is 0.266. The van der Waals surface area contributed by atoms with Gasteiger partial charge in [0.15, 0.2) is 0 Å². The van der Waals surface area contributed by atoms with Crippen molar-refractivity contribution in [3.63, 3.8) is 0 Å². The number of halogens is 1. The number of carbonyl (C=O) groups is 1. The number of hydrogen-bond donors (Lipinski definition) is 2. The van der Waals surface area contributed by atoms with Gasteiger partial charge in [-0.25, -0.2) is 4.79 Å². The van der Waals surface area contributed by atoms with Crippen LogP contribution in [-0.2, 0) is 0 Å². The van der Waals surface area contributed by atoms with Crippen LogP contribution in [0.25, 0.3) is 10.9 Å². The minimum atomic E-state index is -0.916. The number of carboxylic acid groups (broad SMARTS) is 1. The lowest BCUT2D eigenvalue weighted by Crippen LogP contribution is -1.97. The zero-order valence-corrected chi connectivity index (χ0v) is 8.70. The highest BCUT2D eigenvalue weighted by Gasteiger charge is 2.13. The molecule has 0 radical (unpaired) electrons. The summed E-state index contributed by atoms with van der Waals surface area (Å²) in [6.07, 6.45) is 0. The molecule has 1 aromatic heterocycles. The zero-order chi connectivity index (χ0) is 9.42.